The van der Waals surface area contributed by atoms with Crippen LogP contribution in [-0.2, 0) is 17.8 Å². The van der Waals surface area contributed by atoms with Crippen LogP contribution in [0.5, 0.6) is 0 Å². The standard InChI is InChI=1S/C22H35N5O.HI/c1-5-24-22(25-12-11-21(18(3)4)28-6-2)26-15-19-7-9-20(10-8-19)16-27-14-13-23-17-27;/h7-10,13-14,17-18,21H,5-6,11-12,15-16H2,1-4H3,(H2,24,25,26);1H. The summed E-state index contributed by atoms with van der Waals surface area (Å²) in [6.07, 6.45) is 6.86. The minimum atomic E-state index is 0. The Labute approximate surface area is 192 Å². The van der Waals surface area contributed by atoms with Crippen LogP contribution in [0.4, 0.5) is 0 Å². The molecule has 0 spiro atoms. The van der Waals surface area contributed by atoms with Crippen molar-refractivity contribution in [1.82, 2.24) is 20.2 Å². The van der Waals surface area contributed by atoms with Crippen molar-refractivity contribution in [3.8, 4) is 0 Å². The molecule has 0 saturated carbocycles. The van der Waals surface area contributed by atoms with E-state index in [9.17, 15) is 0 Å². The van der Waals surface area contributed by atoms with Crippen molar-refractivity contribution in [2.24, 2.45) is 10.9 Å². The fraction of sp³-hybridized carbons (Fsp3) is 0.545. The van der Waals surface area contributed by atoms with Gasteiger partial charge in [-0.1, -0.05) is 38.1 Å². The summed E-state index contributed by atoms with van der Waals surface area (Å²) in [5, 5.41) is 6.74. The topological polar surface area (TPSA) is 63.5 Å². The Balaban J connectivity index is 0.00000420. The monoisotopic (exact) mass is 513 g/mol. The summed E-state index contributed by atoms with van der Waals surface area (Å²) >= 11 is 0. The number of ether oxygens (including phenoxy) is 1. The van der Waals surface area contributed by atoms with Crippen molar-refractivity contribution in [2.45, 2.75) is 53.3 Å². The van der Waals surface area contributed by atoms with Crippen LogP contribution < -0.4 is 10.6 Å². The van der Waals surface area contributed by atoms with Gasteiger partial charge in [-0.3, -0.25) is 0 Å². The third-order valence-corrected chi connectivity index (χ3v) is 4.56. The number of imidazole rings is 1. The smallest absolute Gasteiger partial charge is 0.191 e. The van der Waals surface area contributed by atoms with Crippen LogP contribution in [0, 0.1) is 5.92 Å². The van der Waals surface area contributed by atoms with E-state index in [2.05, 4.69) is 72.1 Å². The molecule has 162 valence electrons. The molecule has 0 aliphatic rings. The molecule has 1 aromatic heterocycles. The Hall–Kier alpha value is -1.61. The first-order valence-electron chi connectivity index (χ1n) is 10.3. The van der Waals surface area contributed by atoms with E-state index in [1.54, 1.807) is 6.20 Å². The van der Waals surface area contributed by atoms with Crippen LogP contribution in [0.2, 0.25) is 0 Å². The van der Waals surface area contributed by atoms with Gasteiger partial charge >= 0.3 is 0 Å². The van der Waals surface area contributed by atoms with Gasteiger partial charge in [0, 0.05) is 38.6 Å². The number of nitrogens with zero attached hydrogens (tertiary/aromatic N) is 3. The SMILES string of the molecule is CCNC(=NCc1ccc(Cn2ccnc2)cc1)NCCC(OCC)C(C)C.I. The van der Waals surface area contributed by atoms with E-state index < -0.39 is 0 Å². The minimum absolute atomic E-state index is 0. The van der Waals surface area contributed by atoms with E-state index in [1.165, 1.54) is 11.1 Å². The first-order valence-corrected chi connectivity index (χ1v) is 10.3. The van der Waals surface area contributed by atoms with Gasteiger partial charge in [0.2, 0.25) is 0 Å². The number of hydrogen-bond donors (Lipinski definition) is 2. The predicted molar refractivity (Wildman–Crippen MR) is 131 cm³/mol. The Bertz CT molecular complexity index is 686. The molecule has 1 heterocycles. The summed E-state index contributed by atoms with van der Waals surface area (Å²) in [5.41, 5.74) is 2.45. The molecular weight excluding hydrogens is 477 g/mol. The van der Waals surface area contributed by atoms with E-state index in [-0.39, 0.29) is 30.1 Å². The average Bonchev–Trinajstić information content (AvgIpc) is 3.19. The molecule has 0 saturated heterocycles. The molecule has 2 rings (SSSR count). The molecule has 2 aromatic rings. The lowest BCUT2D eigenvalue weighted by molar-refractivity contribution is 0.0258. The summed E-state index contributed by atoms with van der Waals surface area (Å²) in [5.74, 6) is 1.37. The van der Waals surface area contributed by atoms with Crippen molar-refractivity contribution >= 4 is 29.9 Å². The molecule has 1 aromatic carbocycles. The van der Waals surface area contributed by atoms with E-state index in [0.29, 0.717) is 12.5 Å². The van der Waals surface area contributed by atoms with Gasteiger partial charge in [-0.25, -0.2) is 9.98 Å². The predicted octanol–water partition coefficient (Wildman–Crippen LogP) is 4.06. The minimum Gasteiger partial charge on any atom is -0.378 e. The maximum Gasteiger partial charge on any atom is 0.191 e. The molecule has 0 aliphatic heterocycles. The fourth-order valence-electron chi connectivity index (χ4n) is 3.01. The van der Waals surface area contributed by atoms with Gasteiger partial charge in [0.05, 0.1) is 19.0 Å². The number of benzene rings is 1. The zero-order valence-electron chi connectivity index (χ0n) is 18.1. The van der Waals surface area contributed by atoms with Crippen LogP contribution in [-0.4, -0.2) is 41.3 Å². The first-order chi connectivity index (χ1) is 13.6. The Morgan fingerprint density at radius 3 is 2.45 bits per heavy atom. The quantitative estimate of drug-likeness (QED) is 0.270. The van der Waals surface area contributed by atoms with Crippen LogP contribution in [0.15, 0.2) is 48.0 Å². The number of aliphatic imine (C=N–C) groups is 1. The van der Waals surface area contributed by atoms with Gasteiger partial charge in [0.1, 0.15) is 0 Å². The summed E-state index contributed by atoms with van der Waals surface area (Å²) in [7, 11) is 0. The summed E-state index contributed by atoms with van der Waals surface area (Å²) in [4.78, 5) is 8.80. The second kappa shape index (κ2) is 14.4. The Kier molecular flexibility index (Phi) is 12.6. The van der Waals surface area contributed by atoms with Crippen molar-refractivity contribution in [3.63, 3.8) is 0 Å². The van der Waals surface area contributed by atoms with Gasteiger partial charge in [0.25, 0.3) is 0 Å². The molecule has 7 heteroatoms. The number of guanidine groups is 1. The fourth-order valence-corrected chi connectivity index (χ4v) is 3.01. The van der Waals surface area contributed by atoms with E-state index in [0.717, 1.165) is 38.6 Å². The third-order valence-electron chi connectivity index (χ3n) is 4.56. The molecule has 1 atom stereocenters. The van der Waals surface area contributed by atoms with Crippen LogP contribution >= 0.6 is 24.0 Å². The normalized spacial score (nSPS) is 12.5. The summed E-state index contributed by atoms with van der Waals surface area (Å²) in [6, 6.07) is 8.59. The lowest BCUT2D eigenvalue weighted by Crippen LogP contribution is -2.39. The first kappa shape index (κ1) is 25.4. The number of halogens is 1. The van der Waals surface area contributed by atoms with E-state index in [4.69, 9.17) is 9.73 Å². The molecule has 0 amide bonds. The molecule has 29 heavy (non-hydrogen) atoms. The zero-order chi connectivity index (χ0) is 20.2. The van der Waals surface area contributed by atoms with Crippen LogP contribution in [0.3, 0.4) is 0 Å². The summed E-state index contributed by atoms with van der Waals surface area (Å²) < 4.78 is 7.88. The highest BCUT2D eigenvalue weighted by molar-refractivity contribution is 14.0. The molecule has 2 N–H and O–H groups in total. The van der Waals surface area contributed by atoms with Gasteiger partial charge < -0.3 is 19.9 Å². The van der Waals surface area contributed by atoms with Crippen LogP contribution in [0.1, 0.15) is 45.2 Å². The highest BCUT2D eigenvalue weighted by Crippen LogP contribution is 2.10. The maximum absolute atomic E-state index is 5.82. The van der Waals surface area contributed by atoms with Crippen molar-refractivity contribution in [2.75, 3.05) is 19.7 Å². The molecule has 0 bridgehead atoms. The molecule has 0 radical (unpaired) electrons. The lowest BCUT2D eigenvalue weighted by Gasteiger charge is -2.21. The number of rotatable bonds is 11. The molecular formula is C22H36IN5O. The second-order valence-electron chi connectivity index (χ2n) is 7.20. The number of aromatic nitrogens is 2. The maximum atomic E-state index is 5.82. The van der Waals surface area contributed by atoms with Crippen LogP contribution in [0.25, 0.3) is 0 Å². The van der Waals surface area contributed by atoms with Gasteiger partial charge in [-0.2, -0.15) is 0 Å². The van der Waals surface area contributed by atoms with Crippen molar-refractivity contribution in [3.05, 3.63) is 54.1 Å². The zero-order valence-corrected chi connectivity index (χ0v) is 20.4. The third kappa shape index (κ3) is 9.62. The number of nitrogens with one attached hydrogen (secondary N) is 2. The molecule has 0 fully saturated rings. The van der Waals surface area contributed by atoms with Gasteiger partial charge in [-0.05, 0) is 37.3 Å². The molecule has 1 unspecified atom stereocenters. The highest BCUT2D eigenvalue weighted by atomic mass is 127. The summed E-state index contributed by atoms with van der Waals surface area (Å²) in [6.45, 7) is 12.5. The number of hydrogen-bond acceptors (Lipinski definition) is 3. The average molecular weight is 513 g/mol. The van der Waals surface area contributed by atoms with E-state index in [1.807, 2.05) is 12.5 Å². The lowest BCUT2D eigenvalue weighted by atomic mass is 10.0. The molecule has 6 nitrogen and oxygen atoms in total. The van der Waals surface area contributed by atoms with Gasteiger partial charge in [0.15, 0.2) is 5.96 Å². The second-order valence-corrected chi connectivity index (χ2v) is 7.20. The highest BCUT2D eigenvalue weighted by Gasteiger charge is 2.12. The largest absolute Gasteiger partial charge is 0.378 e. The van der Waals surface area contributed by atoms with Crippen molar-refractivity contribution < 1.29 is 4.74 Å². The van der Waals surface area contributed by atoms with Gasteiger partial charge in [-0.15, -0.1) is 24.0 Å². The van der Waals surface area contributed by atoms with E-state index >= 15 is 0 Å². The molecule has 0 aliphatic carbocycles. The van der Waals surface area contributed by atoms with Crippen molar-refractivity contribution in [1.29, 1.82) is 0 Å². The Morgan fingerprint density at radius 1 is 1.14 bits per heavy atom. The Morgan fingerprint density at radius 2 is 1.86 bits per heavy atom.